The predicted molar refractivity (Wildman–Crippen MR) is 86.9 cm³/mol. The first kappa shape index (κ1) is 15.1. The summed E-state index contributed by atoms with van der Waals surface area (Å²) < 4.78 is 6.46. The third-order valence-electron chi connectivity index (χ3n) is 3.36. The molecule has 3 nitrogen and oxygen atoms in total. The van der Waals surface area contributed by atoms with Gasteiger partial charge in [0, 0.05) is 18.8 Å². The highest BCUT2D eigenvalue weighted by Crippen LogP contribution is 2.29. The van der Waals surface area contributed by atoms with E-state index in [1.165, 1.54) is 5.69 Å². The lowest BCUT2D eigenvalue weighted by Crippen LogP contribution is -2.34. The van der Waals surface area contributed by atoms with Crippen molar-refractivity contribution in [3.05, 3.63) is 52.9 Å². The zero-order valence-corrected chi connectivity index (χ0v) is 13.3. The highest BCUT2D eigenvalue weighted by atomic mass is 79.9. The number of rotatable bonds is 7. The number of para-hydroxylation sites is 1. The van der Waals surface area contributed by atoms with Gasteiger partial charge in [-0.2, -0.15) is 0 Å². The van der Waals surface area contributed by atoms with Gasteiger partial charge in [0.15, 0.2) is 4.67 Å². The Morgan fingerprint density at radius 3 is 2.50 bits per heavy atom. The molecule has 2 aromatic rings. The number of nitrogens with zero attached hydrogens (tertiary/aromatic N) is 1. The Morgan fingerprint density at radius 1 is 1.20 bits per heavy atom. The number of hydrogen-bond acceptors (Lipinski definition) is 3. The van der Waals surface area contributed by atoms with Crippen molar-refractivity contribution in [3.8, 4) is 0 Å². The summed E-state index contributed by atoms with van der Waals surface area (Å²) in [5.41, 5.74) is 7.19. The van der Waals surface area contributed by atoms with Crippen LogP contribution in [0, 0.1) is 0 Å². The van der Waals surface area contributed by atoms with E-state index in [-0.39, 0.29) is 6.04 Å². The molecule has 1 heterocycles. The molecule has 1 unspecified atom stereocenters. The molecule has 0 aliphatic carbocycles. The largest absolute Gasteiger partial charge is 0.452 e. The fraction of sp³-hybridized carbons (Fsp3) is 0.375. The molecule has 2 N–H and O–H groups in total. The maximum atomic E-state index is 6.01. The fourth-order valence-electron chi connectivity index (χ4n) is 2.32. The molecular weight excluding hydrogens is 316 g/mol. The van der Waals surface area contributed by atoms with Crippen LogP contribution in [0.5, 0.6) is 0 Å². The zero-order chi connectivity index (χ0) is 14.4. The van der Waals surface area contributed by atoms with Crippen LogP contribution in [0.3, 0.4) is 0 Å². The Morgan fingerprint density at radius 2 is 1.95 bits per heavy atom. The van der Waals surface area contributed by atoms with E-state index < -0.39 is 0 Å². The van der Waals surface area contributed by atoms with Crippen LogP contribution in [-0.4, -0.2) is 13.1 Å². The SMILES string of the molecule is CCCCN(c1ccccc1)C(CN)c1ccc(Br)o1. The highest BCUT2D eigenvalue weighted by molar-refractivity contribution is 9.10. The molecule has 0 saturated heterocycles. The first-order valence-electron chi connectivity index (χ1n) is 7.03. The van der Waals surface area contributed by atoms with E-state index in [2.05, 4.69) is 52.0 Å². The first-order chi connectivity index (χ1) is 9.76. The van der Waals surface area contributed by atoms with Crippen LogP contribution in [0.1, 0.15) is 31.6 Å². The Labute approximate surface area is 128 Å². The van der Waals surface area contributed by atoms with Crippen LogP contribution < -0.4 is 10.6 Å². The Balaban J connectivity index is 2.28. The van der Waals surface area contributed by atoms with E-state index in [4.69, 9.17) is 10.2 Å². The maximum absolute atomic E-state index is 6.01. The summed E-state index contributed by atoms with van der Waals surface area (Å²) in [4.78, 5) is 2.33. The lowest BCUT2D eigenvalue weighted by molar-refractivity contribution is 0.434. The molecule has 20 heavy (non-hydrogen) atoms. The molecule has 0 aliphatic rings. The molecule has 2 rings (SSSR count). The van der Waals surface area contributed by atoms with E-state index in [1.54, 1.807) is 0 Å². The molecule has 0 radical (unpaired) electrons. The standard InChI is InChI=1S/C16H21BrN2O/c1-2-3-11-19(13-7-5-4-6-8-13)14(12-18)15-9-10-16(17)20-15/h4-10,14H,2-3,11-12,18H2,1H3. The van der Waals surface area contributed by atoms with Gasteiger partial charge in [0.25, 0.3) is 0 Å². The van der Waals surface area contributed by atoms with Gasteiger partial charge in [0.05, 0.1) is 6.04 Å². The summed E-state index contributed by atoms with van der Waals surface area (Å²) in [5.74, 6) is 0.902. The highest BCUT2D eigenvalue weighted by Gasteiger charge is 2.22. The molecule has 1 aromatic carbocycles. The van der Waals surface area contributed by atoms with E-state index >= 15 is 0 Å². The summed E-state index contributed by atoms with van der Waals surface area (Å²) in [7, 11) is 0. The van der Waals surface area contributed by atoms with Crippen molar-refractivity contribution in [1.82, 2.24) is 0 Å². The van der Waals surface area contributed by atoms with Crippen LogP contribution in [0.2, 0.25) is 0 Å². The third-order valence-corrected chi connectivity index (χ3v) is 3.79. The number of benzene rings is 1. The molecule has 0 fully saturated rings. The molecule has 0 spiro atoms. The van der Waals surface area contributed by atoms with Gasteiger partial charge in [0.1, 0.15) is 5.76 Å². The van der Waals surface area contributed by atoms with E-state index in [9.17, 15) is 0 Å². The number of hydrogen-bond donors (Lipinski definition) is 1. The van der Waals surface area contributed by atoms with Crippen LogP contribution in [0.15, 0.2) is 51.6 Å². The molecule has 0 amide bonds. The van der Waals surface area contributed by atoms with Crippen molar-refractivity contribution in [3.63, 3.8) is 0 Å². The van der Waals surface area contributed by atoms with Gasteiger partial charge in [0.2, 0.25) is 0 Å². The number of nitrogens with two attached hydrogens (primary N) is 1. The van der Waals surface area contributed by atoms with Gasteiger partial charge in [-0.1, -0.05) is 31.5 Å². The van der Waals surface area contributed by atoms with Crippen molar-refractivity contribution in [2.75, 3.05) is 18.0 Å². The average Bonchev–Trinajstić information content (AvgIpc) is 2.90. The van der Waals surface area contributed by atoms with Crippen LogP contribution in [-0.2, 0) is 0 Å². The predicted octanol–water partition coefficient (Wildman–Crippen LogP) is 4.35. The number of halogens is 1. The molecular formula is C16H21BrN2O. The minimum Gasteiger partial charge on any atom is -0.452 e. The second-order valence-corrected chi connectivity index (χ2v) is 5.56. The quantitative estimate of drug-likeness (QED) is 0.817. The average molecular weight is 337 g/mol. The minimum atomic E-state index is 0.0650. The van der Waals surface area contributed by atoms with E-state index in [1.807, 2.05) is 18.2 Å². The van der Waals surface area contributed by atoms with Crippen LogP contribution in [0.25, 0.3) is 0 Å². The van der Waals surface area contributed by atoms with Gasteiger partial charge in [-0.15, -0.1) is 0 Å². The minimum absolute atomic E-state index is 0.0650. The molecule has 4 heteroatoms. The van der Waals surface area contributed by atoms with Gasteiger partial charge in [-0.05, 0) is 46.6 Å². The normalized spacial score (nSPS) is 12.3. The second kappa shape index (κ2) is 7.50. The van der Waals surface area contributed by atoms with E-state index in [0.717, 1.165) is 29.8 Å². The van der Waals surface area contributed by atoms with Gasteiger partial charge in [-0.25, -0.2) is 0 Å². The monoisotopic (exact) mass is 336 g/mol. The van der Waals surface area contributed by atoms with Crippen molar-refractivity contribution < 1.29 is 4.42 Å². The number of anilines is 1. The summed E-state index contributed by atoms with van der Waals surface area (Å²) >= 11 is 3.36. The second-order valence-electron chi connectivity index (χ2n) is 4.78. The molecule has 0 aliphatic heterocycles. The van der Waals surface area contributed by atoms with Crippen molar-refractivity contribution >= 4 is 21.6 Å². The topological polar surface area (TPSA) is 42.4 Å². The van der Waals surface area contributed by atoms with Gasteiger partial charge in [-0.3, -0.25) is 0 Å². The summed E-state index contributed by atoms with van der Waals surface area (Å²) in [6.45, 7) is 3.70. The third kappa shape index (κ3) is 3.64. The van der Waals surface area contributed by atoms with Gasteiger partial charge >= 0.3 is 0 Å². The maximum Gasteiger partial charge on any atom is 0.169 e. The first-order valence-corrected chi connectivity index (χ1v) is 7.82. The smallest absolute Gasteiger partial charge is 0.169 e. The molecule has 0 bridgehead atoms. The summed E-state index contributed by atoms with van der Waals surface area (Å²) in [6, 6.07) is 14.4. The van der Waals surface area contributed by atoms with Crippen molar-refractivity contribution in [2.24, 2.45) is 5.73 Å². The molecule has 1 atom stereocenters. The lowest BCUT2D eigenvalue weighted by atomic mass is 10.1. The van der Waals surface area contributed by atoms with Crippen LogP contribution in [0.4, 0.5) is 5.69 Å². The lowest BCUT2D eigenvalue weighted by Gasteiger charge is -2.31. The van der Waals surface area contributed by atoms with Crippen LogP contribution >= 0.6 is 15.9 Å². The number of furan rings is 1. The Kier molecular flexibility index (Phi) is 5.68. The Hall–Kier alpha value is -1.26. The fourth-order valence-corrected chi connectivity index (χ4v) is 2.64. The Bertz CT molecular complexity index is 512. The zero-order valence-electron chi connectivity index (χ0n) is 11.8. The number of unbranched alkanes of at least 4 members (excludes halogenated alkanes) is 1. The van der Waals surface area contributed by atoms with Gasteiger partial charge < -0.3 is 15.1 Å². The molecule has 0 saturated carbocycles. The molecule has 108 valence electrons. The molecule has 1 aromatic heterocycles. The van der Waals surface area contributed by atoms with Crippen molar-refractivity contribution in [2.45, 2.75) is 25.8 Å². The van der Waals surface area contributed by atoms with Crippen molar-refractivity contribution in [1.29, 1.82) is 0 Å². The summed E-state index contributed by atoms with van der Waals surface area (Å²) in [6.07, 6.45) is 2.29. The summed E-state index contributed by atoms with van der Waals surface area (Å²) in [5, 5.41) is 0. The van der Waals surface area contributed by atoms with E-state index in [0.29, 0.717) is 6.54 Å².